The average Bonchev–Trinajstić information content (AvgIpc) is 2.73. The molecule has 2 aliphatic heterocycles. The van der Waals surface area contributed by atoms with Crippen LogP contribution in [0.1, 0.15) is 36.5 Å². The molecule has 0 bridgehead atoms. The van der Waals surface area contributed by atoms with E-state index in [2.05, 4.69) is 66.4 Å². The van der Waals surface area contributed by atoms with Crippen LogP contribution >= 0.6 is 0 Å². The van der Waals surface area contributed by atoms with Gasteiger partial charge in [-0.25, -0.2) is 0 Å². The van der Waals surface area contributed by atoms with Gasteiger partial charge in [0.1, 0.15) is 6.54 Å². The maximum absolute atomic E-state index is 13.1. The third-order valence-corrected chi connectivity index (χ3v) is 6.53. The van der Waals surface area contributed by atoms with Gasteiger partial charge in [-0.3, -0.25) is 4.79 Å². The summed E-state index contributed by atoms with van der Waals surface area (Å²) in [7, 11) is 0. The highest BCUT2D eigenvalue weighted by atomic mass is 16.2. The van der Waals surface area contributed by atoms with E-state index >= 15 is 0 Å². The SMILES string of the molecule is C[C@@H](C(=O)N1CCC(Cc2ccccc2)CC1)[NH+]1CCc2ccccc2C1. The second-order valence-electron chi connectivity index (χ2n) is 8.28. The lowest BCUT2D eigenvalue weighted by molar-refractivity contribution is -0.930. The summed E-state index contributed by atoms with van der Waals surface area (Å²) in [5.41, 5.74) is 4.30. The summed E-state index contributed by atoms with van der Waals surface area (Å²) in [5.74, 6) is 1.06. The van der Waals surface area contributed by atoms with Crippen molar-refractivity contribution >= 4 is 5.91 Å². The van der Waals surface area contributed by atoms with Crippen molar-refractivity contribution in [1.82, 2.24) is 4.90 Å². The topological polar surface area (TPSA) is 24.8 Å². The van der Waals surface area contributed by atoms with Gasteiger partial charge in [0.2, 0.25) is 0 Å². The number of piperidine rings is 1. The average molecular weight is 364 g/mol. The molecule has 3 nitrogen and oxygen atoms in total. The molecule has 2 heterocycles. The van der Waals surface area contributed by atoms with Crippen LogP contribution in [0.5, 0.6) is 0 Å². The molecule has 1 fully saturated rings. The van der Waals surface area contributed by atoms with Gasteiger partial charge < -0.3 is 9.80 Å². The van der Waals surface area contributed by atoms with Gasteiger partial charge in [0.15, 0.2) is 6.04 Å². The molecule has 3 heteroatoms. The summed E-state index contributed by atoms with van der Waals surface area (Å²) in [6.45, 7) is 6.01. The highest BCUT2D eigenvalue weighted by molar-refractivity contribution is 5.80. The third kappa shape index (κ3) is 4.24. The zero-order valence-electron chi connectivity index (χ0n) is 16.4. The molecule has 0 radical (unpaired) electrons. The Bertz CT molecular complexity index is 765. The van der Waals surface area contributed by atoms with Crippen molar-refractivity contribution in [3.05, 3.63) is 71.3 Å². The zero-order chi connectivity index (χ0) is 18.6. The van der Waals surface area contributed by atoms with Gasteiger partial charge in [-0.15, -0.1) is 0 Å². The molecule has 0 saturated carbocycles. The van der Waals surface area contributed by atoms with Crippen LogP contribution in [0.25, 0.3) is 0 Å². The Labute approximate surface area is 163 Å². The van der Waals surface area contributed by atoms with Crippen LogP contribution in [0.3, 0.4) is 0 Å². The second-order valence-corrected chi connectivity index (χ2v) is 8.28. The Morgan fingerprint density at radius 3 is 2.44 bits per heavy atom. The number of quaternary nitrogens is 1. The first-order valence-corrected chi connectivity index (χ1v) is 10.4. The minimum Gasteiger partial charge on any atom is -0.338 e. The Balaban J connectivity index is 1.30. The predicted molar refractivity (Wildman–Crippen MR) is 109 cm³/mol. The second kappa shape index (κ2) is 8.26. The summed E-state index contributed by atoms with van der Waals surface area (Å²) in [4.78, 5) is 16.6. The highest BCUT2D eigenvalue weighted by Crippen LogP contribution is 2.22. The van der Waals surface area contributed by atoms with Crippen LogP contribution in [0.4, 0.5) is 0 Å². The van der Waals surface area contributed by atoms with Crippen molar-refractivity contribution in [2.75, 3.05) is 19.6 Å². The molecule has 1 N–H and O–H groups in total. The van der Waals surface area contributed by atoms with E-state index in [1.807, 2.05) is 0 Å². The molecule has 0 aliphatic carbocycles. The summed E-state index contributed by atoms with van der Waals surface area (Å²) in [6, 6.07) is 19.5. The number of likely N-dealkylation sites (tertiary alicyclic amines) is 1. The third-order valence-electron chi connectivity index (χ3n) is 6.53. The van der Waals surface area contributed by atoms with E-state index in [0.717, 1.165) is 51.9 Å². The van der Waals surface area contributed by atoms with E-state index < -0.39 is 0 Å². The smallest absolute Gasteiger partial charge is 0.280 e. The number of nitrogens with zero attached hydrogens (tertiary/aromatic N) is 1. The fourth-order valence-electron chi connectivity index (χ4n) is 4.73. The maximum Gasteiger partial charge on any atom is 0.280 e. The van der Waals surface area contributed by atoms with Crippen LogP contribution in [0.15, 0.2) is 54.6 Å². The molecule has 1 amide bonds. The molecular formula is C24H31N2O+. The molecule has 2 atom stereocenters. The van der Waals surface area contributed by atoms with E-state index in [4.69, 9.17) is 0 Å². The van der Waals surface area contributed by atoms with Gasteiger partial charge >= 0.3 is 0 Å². The van der Waals surface area contributed by atoms with Gasteiger partial charge in [0.05, 0.1) is 6.54 Å². The van der Waals surface area contributed by atoms with Crippen LogP contribution in [0, 0.1) is 5.92 Å². The van der Waals surface area contributed by atoms with E-state index in [1.165, 1.54) is 21.6 Å². The number of nitrogens with one attached hydrogen (secondary N) is 1. The standard InChI is InChI=1S/C24H30N2O/c1-19(26-16-13-22-9-5-6-10-23(22)18-26)24(27)25-14-11-21(12-15-25)17-20-7-3-2-4-8-20/h2-10,19,21H,11-18H2,1H3/p+1/t19-/m0/s1. The molecule has 4 rings (SSSR count). The Kier molecular flexibility index (Phi) is 5.58. The molecule has 142 valence electrons. The largest absolute Gasteiger partial charge is 0.338 e. The summed E-state index contributed by atoms with van der Waals surface area (Å²) < 4.78 is 0. The van der Waals surface area contributed by atoms with Gasteiger partial charge in [-0.05, 0) is 43.2 Å². The monoisotopic (exact) mass is 363 g/mol. The zero-order valence-corrected chi connectivity index (χ0v) is 16.4. The van der Waals surface area contributed by atoms with Crippen molar-refractivity contribution in [1.29, 1.82) is 0 Å². The fraction of sp³-hybridized carbons (Fsp3) is 0.458. The molecule has 1 saturated heterocycles. The number of amides is 1. The molecular weight excluding hydrogens is 332 g/mol. The first-order valence-electron chi connectivity index (χ1n) is 10.4. The minimum absolute atomic E-state index is 0.0593. The van der Waals surface area contributed by atoms with E-state index in [9.17, 15) is 4.79 Å². The lowest BCUT2D eigenvalue weighted by Gasteiger charge is -2.36. The lowest BCUT2D eigenvalue weighted by Crippen LogP contribution is -3.16. The molecule has 27 heavy (non-hydrogen) atoms. The number of fused-ring (bicyclic) bond motifs is 1. The van der Waals surface area contributed by atoms with Crippen molar-refractivity contribution in [2.24, 2.45) is 5.92 Å². The minimum atomic E-state index is 0.0593. The first-order chi connectivity index (χ1) is 13.2. The van der Waals surface area contributed by atoms with Crippen molar-refractivity contribution in [3.63, 3.8) is 0 Å². The molecule has 2 aromatic carbocycles. The van der Waals surface area contributed by atoms with Gasteiger partial charge in [0.25, 0.3) is 5.91 Å². The summed E-state index contributed by atoms with van der Waals surface area (Å²) in [6.07, 6.45) is 4.49. The van der Waals surface area contributed by atoms with Crippen LogP contribution in [-0.2, 0) is 24.2 Å². The molecule has 1 unspecified atom stereocenters. The molecule has 2 aliphatic rings. The van der Waals surface area contributed by atoms with Gasteiger partial charge in [-0.1, -0.05) is 54.6 Å². The van der Waals surface area contributed by atoms with Gasteiger partial charge in [0, 0.05) is 25.1 Å². The predicted octanol–water partition coefficient (Wildman–Crippen LogP) is 2.50. The number of rotatable bonds is 4. The number of carbonyl (C=O) groups excluding carboxylic acids is 1. The summed E-state index contributed by atoms with van der Waals surface area (Å²) in [5, 5.41) is 0. The van der Waals surface area contributed by atoms with Crippen LogP contribution < -0.4 is 4.90 Å². The van der Waals surface area contributed by atoms with Crippen LogP contribution in [0.2, 0.25) is 0 Å². The van der Waals surface area contributed by atoms with Crippen molar-refractivity contribution in [2.45, 2.75) is 45.2 Å². The molecule has 2 aromatic rings. The Morgan fingerprint density at radius 1 is 1.04 bits per heavy atom. The normalized spacial score (nSPS) is 21.5. The lowest BCUT2D eigenvalue weighted by atomic mass is 9.90. The first kappa shape index (κ1) is 18.2. The quantitative estimate of drug-likeness (QED) is 0.887. The Morgan fingerprint density at radius 2 is 1.70 bits per heavy atom. The number of benzene rings is 2. The van der Waals surface area contributed by atoms with E-state index in [-0.39, 0.29) is 6.04 Å². The van der Waals surface area contributed by atoms with Crippen LogP contribution in [-0.4, -0.2) is 36.5 Å². The molecule has 0 aromatic heterocycles. The number of hydrogen-bond donors (Lipinski definition) is 1. The van der Waals surface area contributed by atoms with Crippen molar-refractivity contribution < 1.29 is 9.69 Å². The maximum atomic E-state index is 13.1. The highest BCUT2D eigenvalue weighted by Gasteiger charge is 2.33. The number of hydrogen-bond acceptors (Lipinski definition) is 1. The van der Waals surface area contributed by atoms with Crippen molar-refractivity contribution in [3.8, 4) is 0 Å². The molecule has 0 spiro atoms. The fourth-order valence-corrected chi connectivity index (χ4v) is 4.73. The summed E-state index contributed by atoms with van der Waals surface area (Å²) >= 11 is 0. The number of carbonyl (C=O) groups is 1. The van der Waals surface area contributed by atoms with E-state index in [0.29, 0.717) is 11.8 Å². The Hall–Kier alpha value is -2.13. The van der Waals surface area contributed by atoms with Gasteiger partial charge in [-0.2, -0.15) is 0 Å². The van der Waals surface area contributed by atoms with E-state index in [1.54, 1.807) is 0 Å².